The number of carboxylic acid groups (broad SMARTS) is 1. The van der Waals surface area contributed by atoms with Crippen LogP contribution in [0.5, 0.6) is 0 Å². The van der Waals surface area contributed by atoms with Crippen molar-refractivity contribution in [2.24, 2.45) is 5.92 Å². The van der Waals surface area contributed by atoms with E-state index in [1.165, 1.54) is 0 Å². The molecule has 0 bridgehead atoms. The van der Waals surface area contributed by atoms with Crippen LogP contribution in [-0.4, -0.2) is 43.5 Å². The minimum atomic E-state index is -3.21. The average molecular weight is 249 g/mol. The molecule has 0 aromatic heterocycles. The van der Waals surface area contributed by atoms with Gasteiger partial charge in [-0.05, 0) is 19.3 Å². The molecule has 1 atom stereocenters. The van der Waals surface area contributed by atoms with Gasteiger partial charge in [0.25, 0.3) is 0 Å². The van der Waals surface area contributed by atoms with E-state index >= 15 is 0 Å². The molecule has 92 valence electrons. The predicted molar refractivity (Wildman–Crippen MR) is 56.6 cm³/mol. The summed E-state index contributed by atoms with van der Waals surface area (Å²) in [5.74, 6) is -1.81. The van der Waals surface area contributed by atoms with Crippen LogP contribution in [0.1, 0.15) is 19.3 Å². The number of hydrogen-bond donors (Lipinski definition) is 2. The number of carboxylic acids is 1. The molecule has 0 saturated heterocycles. The molecule has 1 aliphatic rings. The highest BCUT2D eigenvalue weighted by Gasteiger charge is 2.32. The van der Waals surface area contributed by atoms with Crippen molar-refractivity contribution in [1.29, 1.82) is 0 Å². The third-order valence-electron chi connectivity index (χ3n) is 2.34. The zero-order chi connectivity index (χ0) is 12.3. The zero-order valence-electron chi connectivity index (χ0n) is 8.97. The Kier molecular flexibility index (Phi) is 3.90. The molecule has 6 nitrogen and oxygen atoms in total. The summed E-state index contributed by atoms with van der Waals surface area (Å²) in [5, 5.41) is 11.2. The van der Waals surface area contributed by atoms with Crippen molar-refractivity contribution < 1.29 is 23.1 Å². The van der Waals surface area contributed by atoms with E-state index in [0.29, 0.717) is 0 Å². The van der Waals surface area contributed by atoms with E-state index in [4.69, 9.17) is 5.11 Å². The Hall–Kier alpha value is -1.11. The Bertz CT molecular complexity index is 385. The van der Waals surface area contributed by atoms with Crippen LogP contribution in [0.4, 0.5) is 0 Å². The molecule has 1 amide bonds. The molecule has 2 N–H and O–H groups in total. The second-order valence-electron chi connectivity index (χ2n) is 4.09. The number of carbonyl (C=O) groups is 2. The van der Waals surface area contributed by atoms with Gasteiger partial charge in [-0.15, -0.1) is 0 Å². The first-order valence-electron chi connectivity index (χ1n) is 5.00. The van der Waals surface area contributed by atoms with E-state index in [2.05, 4.69) is 5.32 Å². The fourth-order valence-corrected chi connectivity index (χ4v) is 1.89. The van der Waals surface area contributed by atoms with Gasteiger partial charge in [0.05, 0.1) is 5.75 Å². The molecule has 1 rings (SSSR count). The van der Waals surface area contributed by atoms with Gasteiger partial charge in [0.1, 0.15) is 15.9 Å². The van der Waals surface area contributed by atoms with Crippen molar-refractivity contribution in [3.8, 4) is 0 Å². The third-order valence-corrected chi connectivity index (χ3v) is 3.32. The molecule has 1 saturated carbocycles. The average Bonchev–Trinajstić information content (AvgIpc) is 2.92. The van der Waals surface area contributed by atoms with Gasteiger partial charge < -0.3 is 10.4 Å². The molecule has 1 aliphatic carbocycles. The van der Waals surface area contributed by atoms with Gasteiger partial charge in [0.15, 0.2) is 0 Å². The minimum absolute atomic E-state index is 0.0833. The van der Waals surface area contributed by atoms with Crippen molar-refractivity contribution in [1.82, 2.24) is 5.32 Å². The quantitative estimate of drug-likeness (QED) is 0.654. The number of carbonyl (C=O) groups excluding carboxylic acids is 1. The topological polar surface area (TPSA) is 101 Å². The molecule has 0 aromatic rings. The van der Waals surface area contributed by atoms with Crippen molar-refractivity contribution in [2.45, 2.75) is 25.3 Å². The summed E-state index contributed by atoms with van der Waals surface area (Å²) < 4.78 is 21.8. The highest BCUT2D eigenvalue weighted by atomic mass is 32.2. The van der Waals surface area contributed by atoms with Gasteiger partial charge in [-0.2, -0.15) is 0 Å². The van der Waals surface area contributed by atoms with E-state index in [9.17, 15) is 18.0 Å². The van der Waals surface area contributed by atoms with Gasteiger partial charge >= 0.3 is 5.97 Å². The molecule has 0 heterocycles. The Labute approximate surface area is 93.9 Å². The molecule has 7 heteroatoms. The smallest absolute Gasteiger partial charge is 0.326 e. The number of rotatable bonds is 6. The maximum atomic E-state index is 11.3. The lowest BCUT2D eigenvalue weighted by Crippen LogP contribution is -2.42. The van der Waals surface area contributed by atoms with Crippen molar-refractivity contribution in [3.63, 3.8) is 0 Å². The maximum Gasteiger partial charge on any atom is 0.326 e. The highest BCUT2D eigenvalue weighted by molar-refractivity contribution is 7.90. The van der Waals surface area contributed by atoms with Crippen molar-refractivity contribution in [2.75, 3.05) is 12.0 Å². The fraction of sp³-hybridized carbons (Fsp3) is 0.778. The summed E-state index contributed by atoms with van der Waals surface area (Å²) in [6.45, 7) is 0. The van der Waals surface area contributed by atoms with Crippen LogP contribution in [0.2, 0.25) is 0 Å². The van der Waals surface area contributed by atoms with Crippen LogP contribution >= 0.6 is 0 Å². The largest absolute Gasteiger partial charge is 0.480 e. The molecule has 0 radical (unpaired) electrons. The van der Waals surface area contributed by atoms with Crippen LogP contribution < -0.4 is 5.32 Å². The Morgan fingerprint density at radius 2 is 2.00 bits per heavy atom. The monoisotopic (exact) mass is 249 g/mol. The SMILES string of the molecule is CS(=O)(=O)CCC(NC(=O)C1CC1)C(=O)O. The molecule has 0 aliphatic heterocycles. The summed E-state index contributed by atoms with van der Waals surface area (Å²) in [7, 11) is -3.21. The van der Waals surface area contributed by atoms with Gasteiger partial charge in [0, 0.05) is 12.2 Å². The molecule has 1 fully saturated rings. The number of nitrogens with one attached hydrogen (secondary N) is 1. The third kappa shape index (κ3) is 4.61. The summed E-state index contributed by atoms with van der Waals surface area (Å²) in [6.07, 6.45) is 2.51. The summed E-state index contributed by atoms with van der Waals surface area (Å²) >= 11 is 0. The van der Waals surface area contributed by atoms with Gasteiger partial charge in [-0.3, -0.25) is 4.79 Å². The summed E-state index contributed by atoms with van der Waals surface area (Å²) in [4.78, 5) is 22.1. The van der Waals surface area contributed by atoms with Gasteiger partial charge in [-0.1, -0.05) is 0 Å². The molecular weight excluding hydrogens is 234 g/mol. The molecule has 0 spiro atoms. The number of amides is 1. The number of sulfone groups is 1. The fourth-order valence-electron chi connectivity index (χ4n) is 1.22. The van der Waals surface area contributed by atoms with Crippen molar-refractivity contribution in [3.05, 3.63) is 0 Å². The van der Waals surface area contributed by atoms with Crippen LogP contribution in [0.25, 0.3) is 0 Å². The van der Waals surface area contributed by atoms with Crippen LogP contribution in [-0.2, 0) is 19.4 Å². The van der Waals surface area contributed by atoms with E-state index in [-0.39, 0.29) is 24.0 Å². The van der Waals surface area contributed by atoms with E-state index in [1.54, 1.807) is 0 Å². The van der Waals surface area contributed by atoms with Crippen LogP contribution in [0, 0.1) is 5.92 Å². The normalized spacial score (nSPS) is 17.8. The van der Waals surface area contributed by atoms with Crippen molar-refractivity contribution >= 4 is 21.7 Å². The first kappa shape index (κ1) is 13.0. The lowest BCUT2D eigenvalue weighted by Gasteiger charge is -2.13. The van der Waals surface area contributed by atoms with E-state index in [0.717, 1.165) is 19.1 Å². The van der Waals surface area contributed by atoms with Crippen LogP contribution in [0.3, 0.4) is 0 Å². The zero-order valence-corrected chi connectivity index (χ0v) is 9.79. The number of hydrogen-bond acceptors (Lipinski definition) is 4. The molecule has 1 unspecified atom stereocenters. The Morgan fingerprint density at radius 3 is 2.38 bits per heavy atom. The van der Waals surface area contributed by atoms with E-state index in [1.807, 2.05) is 0 Å². The molecular formula is C9H15NO5S. The maximum absolute atomic E-state index is 11.3. The highest BCUT2D eigenvalue weighted by Crippen LogP contribution is 2.28. The first-order chi connectivity index (χ1) is 7.29. The predicted octanol–water partition coefficient (Wildman–Crippen LogP) is -0.599. The lowest BCUT2D eigenvalue weighted by molar-refractivity contribution is -0.142. The second kappa shape index (κ2) is 4.82. The Balaban J connectivity index is 2.47. The summed E-state index contributed by atoms with van der Waals surface area (Å²) in [5.41, 5.74) is 0. The molecule has 0 aromatic carbocycles. The number of aliphatic carboxylic acids is 1. The minimum Gasteiger partial charge on any atom is -0.480 e. The second-order valence-corrected chi connectivity index (χ2v) is 6.35. The molecule has 16 heavy (non-hydrogen) atoms. The van der Waals surface area contributed by atoms with Gasteiger partial charge in [-0.25, -0.2) is 13.2 Å². The lowest BCUT2D eigenvalue weighted by atomic mass is 10.2. The standard InChI is InChI=1S/C9H15NO5S/c1-16(14,15)5-4-7(9(12)13)10-8(11)6-2-3-6/h6-7H,2-5H2,1H3,(H,10,11)(H,12,13). The van der Waals surface area contributed by atoms with Crippen LogP contribution in [0.15, 0.2) is 0 Å². The Morgan fingerprint density at radius 1 is 1.44 bits per heavy atom. The first-order valence-corrected chi connectivity index (χ1v) is 7.06. The summed E-state index contributed by atoms with van der Waals surface area (Å²) in [6, 6.07) is -1.11. The van der Waals surface area contributed by atoms with E-state index < -0.39 is 21.8 Å². The van der Waals surface area contributed by atoms with Gasteiger partial charge in [0.2, 0.25) is 5.91 Å².